The zero-order valence-corrected chi connectivity index (χ0v) is 12.3. The second-order valence-electron chi connectivity index (χ2n) is 5.01. The maximum Gasteiger partial charge on any atom is 0.258 e. The number of methoxy groups -OCH3 is 1. The predicted molar refractivity (Wildman–Crippen MR) is 76.7 cm³/mol. The molecule has 1 saturated heterocycles. The number of rotatable bonds is 3. The second kappa shape index (κ2) is 5.03. The van der Waals surface area contributed by atoms with Crippen LogP contribution in [0.1, 0.15) is 18.2 Å². The molecule has 8 heteroatoms. The van der Waals surface area contributed by atoms with Gasteiger partial charge >= 0.3 is 0 Å². The van der Waals surface area contributed by atoms with Gasteiger partial charge in [-0.1, -0.05) is 5.16 Å². The Kier molecular flexibility index (Phi) is 3.32. The standard InChI is InChI=1S/C13H15N3O4S/c1-19-11-3-2-8(6-10(11)14)13-15-12(16-20-13)9-4-5-21(17,18)7-9/h2-3,6,9H,4-5,7,14H2,1H3. The molecule has 0 amide bonds. The summed E-state index contributed by atoms with van der Waals surface area (Å²) in [5, 5.41) is 3.89. The van der Waals surface area contributed by atoms with E-state index in [1.807, 2.05) is 0 Å². The van der Waals surface area contributed by atoms with E-state index in [1.54, 1.807) is 18.2 Å². The van der Waals surface area contributed by atoms with Crippen LogP contribution in [0.15, 0.2) is 22.7 Å². The van der Waals surface area contributed by atoms with Crippen molar-refractivity contribution in [1.29, 1.82) is 0 Å². The Morgan fingerprint density at radius 3 is 2.86 bits per heavy atom. The molecular weight excluding hydrogens is 294 g/mol. The minimum atomic E-state index is -2.97. The lowest BCUT2D eigenvalue weighted by Crippen LogP contribution is -2.05. The monoisotopic (exact) mass is 309 g/mol. The quantitative estimate of drug-likeness (QED) is 0.849. The Morgan fingerprint density at radius 2 is 2.24 bits per heavy atom. The summed E-state index contributed by atoms with van der Waals surface area (Å²) >= 11 is 0. The largest absolute Gasteiger partial charge is 0.495 e. The van der Waals surface area contributed by atoms with Crippen LogP contribution in [0.2, 0.25) is 0 Å². The van der Waals surface area contributed by atoms with Crippen LogP contribution in [0.5, 0.6) is 5.75 Å². The van der Waals surface area contributed by atoms with E-state index < -0.39 is 9.84 Å². The summed E-state index contributed by atoms with van der Waals surface area (Å²) in [6, 6.07) is 5.16. The number of aromatic nitrogens is 2. The van der Waals surface area contributed by atoms with Gasteiger partial charge in [0, 0.05) is 11.5 Å². The van der Waals surface area contributed by atoms with E-state index >= 15 is 0 Å². The number of sulfone groups is 1. The van der Waals surface area contributed by atoms with Gasteiger partial charge in [0.05, 0.1) is 24.3 Å². The van der Waals surface area contributed by atoms with Gasteiger partial charge in [-0.15, -0.1) is 0 Å². The van der Waals surface area contributed by atoms with Gasteiger partial charge in [-0.3, -0.25) is 0 Å². The number of nitrogens with two attached hydrogens (primary N) is 1. The number of nitrogen functional groups attached to an aromatic ring is 1. The van der Waals surface area contributed by atoms with Crippen molar-refractivity contribution in [2.45, 2.75) is 12.3 Å². The Hall–Kier alpha value is -2.09. The zero-order chi connectivity index (χ0) is 15.0. The number of benzene rings is 1. The molecule has 2 aromatic rings. The van der Waals surface area contributed by atoms with Gasteiger partial charge in [-0.2, -0.15) is 4.98 Å². The number of anilines is 1. The Labute approximate surface area is 122 Å². The van der Waals surface area contributed by atoms with Crippen LogP contribution in [0.3, 0.4) is 0 Å². The molecule has 1 atom stereocenters. The molecule has 21 heavy (non-hydrogen) atoms. The summed E-state index contributed by atoms with van der Waals surface area (Å²) in [7, 11) is -1.43. The molecule has 2 N–H and O–H groups in total. The highest BCUT2D eigenvalue weighted by atomic mass is 32.2. The maximum absolute atomic E-state index is 11.5. The molecule has 1 aromatic carbocycles. The van der Waals surface area contributed by atoms with Gasteiger partial charge in [0.25, 0.3) is 5.89 Å². The molecule has 3 rings (SSSR count). The van der Waals surface area contributed by atoms with Crippen molar-refractivity contribution in [3.63, 3.8) is 0 Å². The normalized spacial score (nSPS) is 20.5. The number of nitrogens with zero attached hydrogens (tertiary/aromatic N) is 2. The summed E-state index contributed by atoms with van der Waals surface area (Å²) in [5.41, 5.74) is 6.98. The van der Waals surface area contributed by atoms with Gasteiger partial charge in [0.2, 0.25) is 0 Å². The van der Waals surface area contributed by atoms with Crippen LogP contribution in [0.4, 0.5) is 5.69 Å². The van der Waals surface area contributed by atoms with Crippen LogP contribution in [0, 0.1) is 0 Å². The van der Waals surface area contributed by atoms with Gasteiger partial charge in [-0.25, -0.2) is 8.42 Å². The third-order valence-corrected chi connectivity index (χ3v) is 5.28. The topological polar surface area (TPSA) is 108 Å². The average Bonchev–Trinajstić information content (AvgIpc) is 3.05. The lowest BCUT2D eigenvalue weighted by molar-refractivity contribution is 0.414. The molecule has 0 aliphatic carbocycles. The summed E-state index contributed by atoms with van der Waals surface area (Å²) in [4.78, 5) is 4.29. The van der Waals surface area contributed by atoms with Crippen LogP contribution < -0.4 is 10.5 Å². The smallest absolute Gasteiger partial charge is 0.258 e. The fraction of sp³-hybridized carbons (Fsp3) is 0.385. The fourth-order valence-electron chi connectivity index (χ4n) is 2.38. The zero-order valence-electron chi connectivity index (χ0n) is 11.4. The van der Waals surface area contributed by atoms with E-state index in [0.29, 0.717) is 35.1 Å². The highest BCUT2D eigenvalue weighted by molar-refractivity contribution is 7.91. The molecule has 0 bridgehead atoms. The van der Waals surface area contributed by atoms with Crippen LogP contribution in [0.25, 0.3) is 11.5 Å². The lowest BCUT2D eigenvalue weighted by Gasteiger charge is -2.04. The summed E-state index contributed by atoms with van der Waals surface area (Å²) in [5.74, 6) is 1.39. The molecule has 1 aliphatic heterocycles. The number of hydrogen-bond acceptors (Lipinski definition) is 7. The first-order valence-corrected chi connectivity index (χ1v) is 8.28. The molecule has 1 fully saturated rings. The average molecular weight is 309 g/mol. The van der Waals surface area contributed by atoms with Gasteiger partial charge < -0.3 is 15.0 Å². The fourth-order valence-corrected chi connectivity index (χ4v) is 4.12. The summed E-state index contributed by atoms with van der Waals surface area (Å²) < 4.78 is 33.3. The molecule has 7 nitrogen and oxygen atoms in total. The molecule has 0 spiro atoms. The molecule has 2 heterocycles. The SMILES string of the molecule is COc1ccc(-c2nc(C3CCS(=O)(=O)C3)no2)cc1N. The first-order valence-electron chi connectivity index (χ1n) is 6.46. The molecule has 112 valence electrons. The number of hydrogen-bond donors (Lipinski definition) is 1. The van der Waals surface area contributed by atoms with Crippen molar-refractivity contribution in [3.8, 4) is 17.2 Å². The summed E-state index contributed by atoms with van der Waals surface area (Å²) in [6.45, 7) is 0. The Balaban J connectivity index is 1.87. The molecule has 1 aliphatic rings. The van der Waals surface area contributed by atoms with Crippen molar-refractivity contribution in [2.24, 2.45) is 0 Å². The van der Waals surface area contributed by atoms with E-state index in [1.165, 1.54) is 7.11 Å². The van der Waals surface area contributed by atoms with Gasteiger partial charge in [0.1, 0.15) is 5.75 Å². The maximum atomic E-state index is 11.5. The Bertz CT molecular complexity index is 769. The minimum Gasteiger partial charge on any atom is -0.495 e. The minimum absolute atomic E-state index is 0.0801. The third-order valence-electron chi connectivity index (χ3n) is 3.52. The molecule has 0 saturated carbocycles. The molecule has 1 unspecified atom stereocenters. The van der Waals surface area contributed by atoms with E-state index in [-0.39, 0.29) is 17.4 Å². The Morgan fingerprint density at radius 1 is 1.43 bits per heavy atom. The molecular formula is C13H15N3O4S. The third kappa shape index (κ3) is 2.71. The lowest BCUT2D eigenvalue weighted by atomic mass is 10.1. The molecule has 0 radical (unpaired) electrons. The first-order chi connectivity index (χ1) is 9.98. The van der Waals surface area contributed by atoms with Crippen molar-refractivity contribution >= 4 is 15.5 Å². The second-order valence-corrected chi connectivity index (χ2v) is 7.24. The van der Waals surface area contributed by atoms with E-state index in [9.17, 15) is 8.42 Å². The van der Waals surface area contributed by atoms with E-state index in [4.69, 9.17) is 15.0 Å². The molecule has 1 aromatic heterocycles. The van der Waals surface area contributed by atoms with Gasteiger partial charge in [0.15, 0.2) is 15.7 Å². The first kappa shape index (κ1) is 13.9. The van der Waals surface area contributed by atoms with E-state index in [0.717, 1.165) is 0 Å². The van der Waals surface area contributed by atoms with Crippen molar-refractivity contribution in [2.75, 3.05) is 24.3 Å². The van der Waals surface area contributed by atoms with Crippen LogP contribution in [-0.4, -0.2) is 37.2 Å². The highest BCUT2D eigenvalue weighted by Gasteiger charge is 2.32. The number of ether oxygens (including phenoxy) is 1. The highest BCUT2D eigenvalue weighted by Crippen LogP contribution is 2.30. The van der Waals surface area contributed by atoms with Crippen LogP contribution >= 0.6 is 0 Å². The van der Waals surface area contributed by atoms with Crippen LogP contribution in [-0.2, 0) is 9.84 Å². The van der Waals surface area contributed by atoms with Crippen molar-refractivity contribution < 1.29 is 17.7 Å². The van der Waals surface area contributed by atoms with Gasteiger partial charge in [-0.05, 0) is 24.6 Å². The van der Waals surface area contributed by atoms with Crippen molar-refractivity contribution in [1.82, 2.24) is 10.1 Å². The predicted octanol–water partition coefficient (Wildman–Crippen LogP) is 1.23. The summed E-state index contributed by atoms with van der Waals surface area (Å²) in [6.07, 6.45) is 0.534. The van der Waals surface area contributed by atoms with E-state index in [2.05, 4.69) is 10.1 Å². The van der Waals surface area contributed by atoms with Crippen molar-refractivity contribution in [3.05, 3.63) is 24.0 Å².